The SMILES string of the molecule is Cc1ccccc1S(=O)(=O)NCC(C)(C)C. The van der Waals surface area contributed by atoms with E-state index in [-0.39, 0.29) is 5.41 Å². The molecular formula is C12H19NO2S. The van der Waals surface area contributed by atoms with Crippen LogP contribution >= 0.6 is 0 Å². The number of nitrogens with one attached hydrogen (secondary N) is 1. The lowest BCUT2D eigenvalue weighted by Crippen LogP contribution is -2.32. The fourth-order valence-electron chi connectivity index (χ4n) is 1.25. The maximum Gasteiger partial charge on any atom is 0.240 e. The molecule has 1 aromatic carbocycles. The minimum Gasteiger partial charge on any atom is -0.211 e. The number of rotatable bonds is 3. The van der Waals surface area contributed by atoms with Crippen molar-refractivity contribution in [1.29, 1.82) is 0 Å². The molecule has 0 spiro atoms. The third-order valence-corrected chi connectivity index (χ3v) is 3.74. The quantitative estimate of drug-likeness (QED) is 0.882. The zero-order valence-electron chi connectivity index (χ0n) is 10.2. The monoisotopic (exact) mass is 241 g/mol. The van der Waals surface area contributed by atoms with E-state index in [4.69, 9.17) is 0 Å². The maximum atomic E-state index is 12.0. The second-order valence-electron chi connectivity index (χ2n) is 5.15. The Bertz CT molecular complexity index is 458. The maximum absolute atomic E-state index is 12.0. The van der Waals surface area contributed by atoms with Crippen molar-refractivity contribution in [2.24, 2.45) is 5.41 Å². The van der Waals surface area contributed by atoms with Crippen molar-refractivity contribution in [2.75, 3.05) is 6.54 Å². The Balaban J connectivity index is 2.92. The van der Waals surface area contributed by atoms with Gasteiger partial charge in [-0.25, -0.2) is 13.1 Å². The van der Waals surface area contributed by atoms with E-state index in [9.17, 15) is 8.42 Å². The van der Waals surface area contributed by atoms with Gasteiger partial charge in [0.1, 0.15) is 0 Å². The summed E-state index contributed by atoms with van der Waals surface area (Å²) in [5.74, 6) is 0. The Morgan fingerprint density at radius 2 is 1.75 bits per heavy atom. The van der Waals surface area contributed by atoms with Gasteiger partial charge in [0.2, 0.25) is 10.0 Å². The van der Waals surface area contributed by atoms with Crippen LogP contribution in [-0.4, -0.2) is 15.0 Å². The van der Waals surface area contributed by atoms with Crippen LogP contribution in [0.5, 0.6) is 0 Å². The highest BCUT2D eigenvalue weighted by Crippen LogP contribution is 2.16. The van der Waals surface area contributed by atoms with Gasteiger partial charge in [0.15, 0.2) is 0 Å². The summed E-state index contributed by atoms with van der Waals surface area (Å²) < 4.78 is 26.6. The summed E-state index contributed by atoms with van der Waals surface area (Å²) >= 11 is 0. The predicted octanol–water partition coefficient (Wildman–Crippen LogP) is 2.32. The van der Waals surface area contributed by atoms with E-state index in [1.54, 1.807) is 25.1 Å². The lowest BCUT2D eigenvalue weighted by Gasteiger charge is -2.19. The highest BCUT2D eigenvalue weighted by molar-refractivity contribution is 7.89. The summed E-state index contributed by atoms with van der Waals surface area (Å²) in [4.78, 5) is 0.360. The summed E-state index contributed by atoms with van der Waals surface area (Å²) in [6, 6.07) is 6.99. The summed E-state index contributed by atoms with van der Waals surface area (Å²) in [7, 11) is -3.37. The Kier molecular flexibility index (Phi) is 3.76. The van der Waals surface area contributed by atoms with Crippen LogP contribution in [0.3, 0.4) is 0 Å². The molecule has 0 fully saturated rings. The minimum atomic E-state index is -3.37. The Morgan fingerprint density at radius 1 is 1.19 bits per heavy atom. The highest BCUT2D eigenvalue weighted by Gasteiger charge is 2.19. The zero-order chi connectivity index (χ0) is 12.4. The van der Waals surface area contributed by atoms with E-state index in [1.165, 1.54) is 0 Å². The summed E-state index contributed by atoms with van der Waals surface area (Å²) in [5, 5.41) is 0. The van der Waals surface area contributed by atoms with Crippen molar-refractivity contribution >= 4 is 10.0 Å². The molecule has 90 valence electrons. The van der Waals surface area contributed by atoms with E-state index in [1.807, 2.05) is 26.8 Å². The van der Waals surface area contributed by atoms with Crippen LogP contribution in [0.25, 0.3) is 0 Å². The molecule has 1 rings (SSSR count). The van der Waals surface area contributed by atoms with E-state index in [0.29, 0.717) is 11.4 Å². The van der Waals surface area contributed by atoms with Gasteiger partial charge in [-0.3, -0.25) is 0 Å². The topological polar surface area (TPSA) is 46.2 Å². The van der Waals surface area contributed by atoms with Gasteiger partial charge in [0.05, 0.1) is 4.90 Å². The minimum absolute atomic E-state index is 0.0598. The van der Waals surface area contributed by atoms with Crippen LogP contribution in [-0.2, 0) is 10.0 Å². The van der Waals surface area contributed by atoms with Crippen molar-refractivity contribution < 1.29 is 8.42 Å². The number of hydrogen-bond acceptors (Lipinski definition) is 2. The first-order valence-electron chi connectivity index (χ1n) is 5.28. The van der Waals surface area contributed by atoms with E-state index in [2.05, 4.69) is 4.72 Å². The van der Waals surface area contributed by atoms with Crippen molar-refractivity contribution in [3.63, 3.8) is 0 Å². The fourth-order valence-corrected chi connectivity index (χ4v) is 2.78. The van der Waals surface area contributed by atoms with E-state index < -0.39 is 10.0 Å². The van der Waals surface area contributed by atoms with E-state index in [0.717, 1.165) is 5.56 Å². The Morgan fingerprint density at radius 3 is 2.25 bits per heavy atom. The summed E-state index contributed by atoms with van der Waals surface area (Å²) in [5.41, 5.74) is 0.708. The van der Waals surface area contributed by atoms with Crippen LogP contribution in [0.2, 0.25) is 0 Å². The van der Waals surface area contributed by atoms with Gasteiger partial charge in [-0.2, -0.15) is 0 Å². The Hall–Kier alpha value is -0.870. The first-order valence-corrected chi connectivity index (χ1v) is 6.76. The number of hydrogen-bond donors (Lipinski definition) is 1. The molecule has 0 bridgehead atoms. The molecule has 0 aromatic heterocycles. The van der Waals surface area contributed by atoms with Gasteiger partial charge >= 0.3 is 0 Å². The number of sulfonamides is 1. The van der Waals surface area contributed by atoms with Crippen molar-refractivity contribution in [1.82, 2.24) is 4.72 Å². The van der Waals surface area contributed by atoms with Gasteiger partial charge < -0.3 is 0 Å². The molecule has 16 heavy (non-hydrogen) atoms. The summed E-state index contributed by atoms with van der Waals surface area (Å²) in [6.07, 6.45) is 0. The Labute approximate surface area is 97.9 Å². The van der Waals surface area contributed by atoms with Gasteiger partial charge in [0.25, 0.3) is 0 Å². The van der Waals surface area contributed by atoms with Crippen LogP contribution < -0.4 is 4.72 Å². The molecule has 0 aliphatic rings. The van der Waals surface area contributed by atoms with E-state index >= 15 is 0 Å². The van der Waals surface area contributed by atoms with Crippen LogP contribution in [0.1, 0.15) is 26.3 Å². The molecule has 0 heterocycles. The molecule has 1 N–H and O–H groups in total. The molecule has 1 aromatic rings. The third-order valence-electron chi connectivity index (χ3n) is 2.18. The molecular weight excluding hydrogens is 222 g/mol. The molecule has 3 nitrogen and oxygen atoms in total. The second kappa shape index (κ2) is 4.55. The number of benzene rings is 1. The third kappa shape index (κ3) is 3.61. The van der Waals surface area contributed by atoms with Crippen LogP contribution in [0.15, 0.2) is 29.2 Å². The highest BCUT2D eigenvalue weighted by atomic mass is 32.2. The van der Waals surface area contributed by atoms with Gasteiger partial charge in [-0.05, 0) is 24.0 Å². The first kappa shape index (κ1) is 13.2. The molecule has 0 saturated heterocycles. The number of aryl methyl sites for hydroxylation is 1. The van der Waals surface area contributed by atoms with Crippen molar-refractivity contribution in [3.8, 4) is 0 Å². The normalized spacial score (nSPS) is 12.8. The predicted molar refractivity (Wildman–Crippen MR) is 65.8 cm³/mol. The van der Waals surface area contributed by atoms with Crippen molar-refractivity contribution in [3.05, 3.63) is 29.8 Å². The van der Waals surface area contributed by atoms with Gasteiger partial charge in [-0.1, -0.05) is 39.0 Å². The molecule has 0 atom stereocenters. The molecule has 4 heteroatoms. The first-order chi connectivity index (χ1) is 7.22. The van der Waals surface area contributed by atoms with Gasteiger partial charge in [0, 0.05) is 6.54 Å². The zero-order valence-corrected chi connectivity index (χ0v) is 11.1. The van der Waals surface area contributed by atoms with Gasteiger partial charge in [-0.15, -0.1) is 0 Å². The lowest BCUT2D eigenvalue weighted by atomic mass is 9.98. The molecule has 0 aliphatic carbocycles. The average molecular weight is 241 g/mol. The summed E-state index contributed by atoms with van der Waals surface area (Å²) in [6.45, 7) is 8.21. The fraction of sp³-hybridized carbons (Fsp3) is 0.500. The van der Waals surface area contributed by atoms with Crippen LogP contribution in [0, 0.1) is 12.3 Å². The smallest absolute Gasteiger partial charge is 0.211 e. The molecule has 0 aliphatic heterocycles. The molecule has 0 saturated carbocycles. The molecule has 0 amide bonds. The van der Waals surface area contributed by atoms with Crippen molar-refractivity contribution in [2.45, 2.75) is 32.6 Å². The lowest BCUT2D eigenvalue weighted by molar-refractivity contribution is 0.407. The van der Waals surface area contributed by atoms with Crippen LogP contribution in [0.4, 0.5) is 0 Å². The largest absolute Gasteiger partial charge is 0.240 e. The average Bonchev–Trinajstić information content (AvgIpc) is 2.14. The standard InChI is InChI=1S/C12H19NO2S/c1-10-7-5-6-8-11(10)16(14,15)13-9-12(2,3)4/h5-8,13H,9H2,1-4H3. The second-order valence-corrected chi connectivity index (χ2v) is 6.89. The molecule has 0 radical (unpaired) electrons. The molecule has 0 unspecified atom stereocenters.